The Morgan fingerprint density at radius 3 is 2.32 bits per heavy atom. The second kappa shape index (κ2) is 13.7. The SMILES string of the molecule is CCCCCCCNC(=O)OCC(CC)CCCC. The van der Waals surface area contributed by atoms with Crippen LogP contribution in [0.4, 0.5) is 4.79 Å². The van der Waals surface area contributed by atoms with E-state index in [1.165, 1.54) is 38.5 Å². The second-order valence-corrected chi connectivity index (χ2v) is 5.36. The summed E-state index contributed by atoms with van der Waals surface area (Å²) in [5.74, 6) is 0.523. The van der Waals surface area contributed by atoms with E-state index >= 15 is 0 Å². The predicted octanol–water partition coefficient (Wildman–Crippen LogP) is 4.90. The van der Waals surface area contributed by atoms with E-state index in [2.05, 4.69) is 26.1 Å². The third kappa shape index (κ3) is 12.1. The Kier molecular flexibility index (Phi) is 13.2. The van der Waals surface area contributed by atoms with Crippen LogP contribution in [0.2, 0.25) is 0 Å². The molecule has 3 nitrogen and oxygen atoms in total. The fourth-order valence-electron chi connectivity index (χ4n) is 2.06. The number of rotatable bonds is 12. The lowest BCUT2D eigenvalue weighted by atomic mass is 10.0. The number of alkyl carbamates (subject to hydrolysis) is 1. The van der Waals surface area contributed by atoms with Crippen molar-refractivity contribution in [2.24, 2.45) is 5.92 Å². The highest BCUT2D eigenvalue weighted by Crippen LogP contribution is 2.12. The van der Waals surface area contributed by atoms with E-state index in [0.717, 1.165) is 25.8 Å². The maximum absolute atomic E-state index is 11.5. The molecule has 0 saturated heterocycles. The van der Waals surface area contributed by atoms with Gasteiger partial charge in [0, 0.05) is 6.54 Å². The van der Waals surface area contributed by atoms with Crippen molar-refractivity contribution in [3.05, 3.63) is 0 Å². The first kappa shape index (κ1) is 18.3. The highest BCUT2D eigenvalue weighted by molar-refractivity contribution is 5.66. The van der Waals surface area contributed by atoms with Gasteiger partial charge >= 0.3 is 6.09 Å². The van der Waals surface area contributed by atoms with E-state index in [4.69, 9.17) is 4.74 Å². The number of ether oxygens (including phenoxy) is 1. The average Bonchev–Trinajstić information content (AvgIpc) is 2.43. The molecule has 0 aliphatic rings. The Hall–Kier alpha value is -0.730. The Labute approximate surface area is 119 Å². The molecular weight excluding hydrogens is 238 g/mol. The summed E-state index contributed by atoms with van der Waals surface area (Å²) in [6, 6.07) is 0. The number of nitrogens with one attached hydrogen (secondary N) is 1. The van der Waals surface area contributed by atoms with Gasteiger partial charge in [0.1, 0.15) is 0 Å². The highest BCUT2D eigenvalue weighted by atomic mass is 16.5. The second-order valence-electron chi connectivity index (χ2n) is 5.36. The van der Waals surface area contributed by atoms with Gasteiger partial charge in [-0.3, -0.25) is 0 Å². The topological polar surface area (TPSA) is 38.3 Å². The van der Waals surface area contributed by atoms with Gasteiger partial charge in [0.2, 0.25) is 0 Å². The quantitative estimate of drug-likeness (QED) is 0.513. The number of hydrogen-bond donors (Lipinski definition) is 1. The largest absolute Gasteiger partial charge is 0.449 e. The minimum atomic E-state index is -0.245. The summed E-state index contributed by atoms with van der Waals surface area (Å²) in [5, 5.41) is 2.83. The average molecular weight is 271 g/mol. The van der Waals surface area contributed by atoms with E-state index in [1.54, 1.807) is 0 Å². The summed E-state index contributed by atoms with van der Waals surface area (Å²) >= 11 is 0. The van der Waals surface area contributed by atoms with Crippen molar-refractivity contribution in [2.45, 2.75) is 78.6 Å². The van der Waals surface area contributed by atoms with E-state index in [0.29, 0.717) is 12.5 Å². The summed E-state index contributed by atoms with van der Waals surface area (Å²) in [4.78, 5) is 11.5. The van der Waals surface area contributed by atoms with E-state index in [-0.39, 0.29) is 6.09 Å². The highest BCUT2D eigenvalue weighted by Gasteiger charge is 2.09. The molecule has 1 unspecified atom stereocenters. The number of hydrogen-bond acceptors (Lipinski definition) is 2. The lowest BCUT2D eigenvalue weighted by Crippen LogP contribution is -2.27. The third-order valence-corrected chi connectivity index (χ3v) is 3.54. The van der Waals surface area contributed by atoms with Crippen molar-refractivity contribution in [3.8, 4) is 0 Å². The Balaban J connectivity index is 3.46. The molecule has 1 N–H and O–H groups in total. The zero-order chi connectivity index (χ0) is 14.3. The minimum Gasteiger partial charge on any atom is -0.449 e. The minimum absolute atomic E-state index is 0.245. The molecule has 0 rings (SSSR count). The van der Waals surface area contributed by atoms with Gasteiger partial charge in [-0.2, -0.15) is 0 Å². The van der Waals surface area contributed by atoms with Gasteiger partial charge < -0.3 is 10.1 Å². The third-order valence-electron chi connectivity index (χ3n) is 3.54. The lowest BCUT2D eigenvalue weighted by Gasteiger charge is -2.14. The lowest BCUT2D eigenvalue weighted by molar-refractivity contribution is 0.122. The standard InChI is InChI=1S/C16H33NO2/c1-4-7-9-10-11-13-17-16(18)19-14-15(6-3)12-8-5-2/h15H,4-14H2,1-3H3,(H,17,18). The molecule has 19 heavy (non-hydrogen) atoms. The van der Waals surface area contributed by atoms with Crippen LogP contribution in [0.25, 0.3) is 0 Å². The molecule has 0 aliphatic heterocycles. The van der Waals surface area contributed by atoms with Crippen molar-refractivity contribution in [3.63, 3.8) is 0 Å². The molecule has 3 heteroatoms. The zero-order valence-corrected chi connectivity index (χ0v) is 13.2. The van der Waals surface area contributed by atoms with Crippen molar-refractivity contribution in [1.82, 2.24) is 5.32 Å². The molecule has 0 spiro atoms. The van der Waals surface area contributed by atoms with Crippen LogP contribution in [0.5, 0.6) is 0 Å². The molecule has 0 fully saturated rings. The number of unbranched alkanes of at least 4 members (excludes halogenated alkanes) is 5. The van der Waals surface area contributed by atoms with Gasteiger partial charge in [0.25, 0.3) is 0 Å². The molecule has 1 atom stereocenters. The molecule has 0 radical (unpaired) electrons. The monoisotopic (exact) mass is 271 g/mol. The molecular formula is C16H33NO2. The number of amides is 1. The molecule has 0 bridgehead atoms. The molecule has 0 heterocycles. The van der Waals surface area contributed by atoms with Crippen LogP contribution in [0.15, 0.2) is 0 Å². The van der Waals surface area contributed by atoms with Gasteiger partial charge in [0.05, 0.1) is 6.61 Å². The molecule has 0 aromatic rings. The molecule has 0 saturated carbocycles. The first-order valence-corrected chi connectivity index (χ1v) is 8.15. The van der Waals surface area contributed by atoms with Crippen LogP contribution < -0.4 is 5.32 Å². The molecule has 0 aliphatic carbocycles. The van der Waals surface area contributed by atoms with E-state index < -0.39 is 0 Å². The Morgan fingerprint density at radius 1 is 1.00 bits per heavy atom. The van der Waals surface area contributed by atoms with Crippen LogP contribution in [-0.4, -0.2) is 19.2 Å². The summed E-state index contributed by atoms with van der Waals surface area (Å²) in [6.07, 6.45) is 10.5. The van der Waals surface area contributed by atoms with E-state index in [1.807, 2.05) is 0 Å². The smallest absolute Gasteiger partial charge is 0.407 e. The molecule has 114 valence electrons. The maximum Gasteiger partial charge on any atom is 0.407 e. The summed E-state index contributed by atoms with van der Waals surface area (Å²) < 4.78 is 5.27. The van der Waals surface area contributed by atoms with Gasteiger partial charge in [-0.1, -0.05) is 65.7 Å². The van der Waals surface area contributed by atoms with Crippen LogP contribution in [0, 0.1) is 5.92 Å². The fraction of sp³-hybridized carbons (Fsp3) is 0.938. The van der Waals surface area contributed by atoms with Crippen LogP contribution >= 0.6 is 0 Å². The zero-order valence-electron chi connectivity index (χ0n) is 13.2. The molecule has 1 amide bonds. The summed E-state index contributed by atoms with van der Waals surface area (Å²) in [7, 11) is 0. The number of carbonyl (C=O) groups is 1. The van der Waals surface area contributed by atoms with Crippen molar-refractivity contribution < 1.29 is 9.53 Å². The van der Waals surface area contributed by atoms with E-state index in [9.17, 15) is 4.79 Å². The maximum atomic E-state index is 11.5. The first-order valence-electron chi connectivity index (χ1n) is 8.15. The summed E-state index contributed by atoms with van der Waals surface area (Å²) in [5.41, 5.74) is 0. The van der Waals surface area contributed by atoms with Gasteiger partial charge in [-0.05, 0) is 18.8 Å². The molecule has 0 aromatic carbocycles. The van der Waals surface area contributed by atoms with Gasteiger partial charge in [-0.15, -0.1) is 0 Å². The Bertz CT molecular complexity index is 207. The molecule has 0 aromatic heterocycles. The first-order chi connectivity index (χ1) is 9.24. The predicted molar refractivity (Wildman–Crippen MR) is 81.4 cm³/mol. The number of carbonyl (C=O) groups excluding carboxylic acids is 1. The Morgan fingerprint density at radius 2 is 1.68 bits per heavy atom. The van der Waals surface area contributed by atoms with Gasteiger partial charge in [-0.25, -0.2) is 4.79 Å². The van der Waals surface area contributed by atoms with Crippen molar-refractivity contribution in [1.29, 1.82) is 0 Å². The van der Waals surface area contributed by atoms with Crippen LogP contribution in [0.1, 0.15) is 78.6 Å². The van der Waals surface area contributed by atoms with Crippen LogP contribution in [0.3, 0.4) is 0 Å². The van der Waals surface area contributed by atoms with Crippen molar-refractivity contribution in [2.75, 3.05) is 13.2 Å². The van der Waals surface area contributed by atoms with Crippen molar-refractivity contribution >= 4 is 6.09 Å². The fourth-order valence-corrected chi connectivity index (χ4v) is 2.06. The normalized spacial score (nSPS) is 12.2. The van der Waals surface area contributed by atoms with Crippen LogP contribution in [-0.2, 0) is 4.74 Å². The summed E-state index contributed by atoms with van der Waals surface area (Å²) in [6.45, 7) is 7.87. The van der Waals surface area contributed by atoms with Gasteiger partial charge in [0.15, 0.2) is 0 Å².